The number of carbonyl (C=O) groups excluding carboxylic acids is 1. The van der Waals surface area contributed by atoms with Crippen LogP contribution in [-0.2, 0) is 11.3 Å². The molecule has 0 spiro atoms. The number of rotatable bonds is 7. The third kappa shape index (κ3) is 4.80. The van der Waals surface area contributed by atoms with E-state index < -0.39 is 0 Å². The zero-order valence-electron chi connectivity index (χ0n) is 19.1. The number of carbonyl (C=O) groups is 1. The maximum atomic E-state index is 13.3. The molecule has 33 heavy (non-hydrogen) atoms. The first-order valence-electron chi connectivity index (χ1n) is 12.1. The van der Waals surface area contributed by atoms with E-state index >= 15 is 0 Å². The Labute approximate surface area is 193 Å². The van der Waals surface area contributed by atoms with Crippen molar-refractivity contribution in [2.75, 3.05) is 64.8 Å². The van der Waals surface area contributed by atoms with Crippen LogP contribution in [0.25, 0.3) is 22.2 Å². The van der Waals surface area contributed by atoms with Crippen molar-refractivity contribution in [3.63, 3.8) is 0 Å². The van der Waals surface area contributed by atoms with Crippen LogP contribution in [0.15, 0.2) is 24.3 Å². The smallest absolute Gasteiger partial charge is 0.257 e. The third-order valence-corrected chi connectivity index (χ3v) is 6.72. The van der Waals surface area contributed by atoms with Gasteiger partial charge in [-0.1, -0.05) is 18.6 Å². The quantitative estimate of drug-likeness (QED) is 0.564. The summed E-state index contributed by atoms with van der Waals surface area (Å²) in [5.74, 6) is 0.258. The van der Waals surface area contributed by atoms with Gasteiger partial charge < -0.3 is 25.3 Å². The van der Waals surface area contributed by atoms with Crippen LogP contribution in [0.5, 0.6) is 0 Å². The fraction of sp³-hybridized carbons (Fsp3) is 0.542. The number of likely N-dealkylation sites (tertiary alicyclic amines) is 1. The molecule has 3 N–H and O–H groups in total. The van der Waals surface area contributed by atoms with Gasteiger partial charge in [0.15, 0.2) is 5.65 Å². The molecule has 1 aromatic carbocycles. The molecule has 2 aliphatic rings. The number of para-hydroxylation sites is 2. The molecule has 0 radical (unpaired) electrons. The first kappa shape index (κ1) is 22.1. The molecule has 0 unspecified atom stereocenters. The number of nitrogens with one attached hydrogen (secondary N) is 1. The molecule has 0 atom stereocenters. The number of nitrogens with zero attached hydrogens (tertiary/aromatic N) is 5. The van der Waals surface area contributed by atoms with Crippen molar-refractivity contribution in [3.05, 3.63) is 29.8 Å². The van der Waals surface area contributed by atoms with Gasteiger partial charge >= 0.3 is 0 Å². The molecule has 1 amide bonds. The summed E-state index contributed by atoms with van der Waals surface area (Å²) >= 11 is 0. The Morgan fingerprint density at radius 3 is 2.39 bits per heavy atom. The molecule has 2 aromatic heterocycles. The first-order chi connectivity index (χ1) is 16.2. The third-order valence-electron chi connectivity index (χ3n) is 6.72. The minimum Gasteiger partial charge on any atom is -0.384 e. The van der Waals surface area contributed by atoms with E-state index in [1.54, 1.807) is 0 Å². The van der Waals surface area contributed by atoms with E-state index in [4.69, 9.17) is 20.4 Å². The van der Waals surface area contributed by atoms with Crippen LogP contribution in [0.2, 0.25) is 0 Å². The van der Waals surface area contributed by atoms with Crippen molar-refractivity contribution in [1.29, 1.82) is 0 Å². The number of piperidine rings is 1. The normalized spacial score (nSPS) is 18.2. The average Bonchev–Trinajstić information content (AvgIpc) is 3.12. The van der Waals surface area contributed by atoms with Crippen molar-refractivity contribution in [2.45, 2.75) is 25.8 Å². The van der Waals surface area contributed by atoms with Crippen LogP contribution in [-0.4, -0.2) is 89.3 Å². The molecular formula is C24H33N7O2. The monoisotopic (exact) mass is 451 g/mol. The van der Waals surface area contributed by atoms with Gasteiger partial charge in [-0.3, -0.25) is 9.69 Å². The van der Waals surface area contributed by atoms with Gasteiger partial charge in [-0.15, -0.1) is 0 Å². The zero-order chi connectivity index (χ0) is 22.6. The second kappa shape index (κ2) is 10.0. The fourth-order valence-corrected chi connectivity index (χ4v) is 4.83. The molecule has 9 heteroatoms. The Bertz CT molecular complexity index is 1120. The summed E-state index contributed by atoms with van der Waals surface area (Å²) in [4.78, 5) is 27.7. The molecule has 0 aliphatic carbocycles. The molecule has 0 saturated carbocycles. The number of aromatic nitrogens is 3. The number of hydrogen-bond acceptors (Lipinski definition) is 7. The summed E-state index contributed by atoms with van der Waals surface area (Å²) in [5, 5.41) is 3.08. The van der Waals surface area contributed by atoms with E-state index in [-0.39, 0.29) is 5.91 Å². The lowest BCUT2D eigenvalue weighted by molar-refractivity contribution is 0.0366. The van der Waals surface area contributed by atoms with E-state index in [1.807, 2.05) is 28.8 Å². The number of anilines is 1. The van der Waals surface area contributed by atoms with Crippen LogP contribution in [0.3, 0.4) is 0 Å². The van der Waals surface area contributed by atoms with Gasteiger partial charge in [0.1, 0.15) is 16.9 Å². The summed E-state index contributed by atoms with van der Waals surface area (Å²) in [6.07, 6.45) is 3.77. The van der Waals surface area contributed by atoms with Gasteiger partial charge in [0, 0.05) is 39.3 Å². The predicted molar refractivity (Wildman–Crippen MR) is 129 cm³/mol. The Balaban J connectivity index is 1.41. The molecule has 9 nitrogen and oxygen atoms in total. The highest BCUT2D eigenvalue weighted by atomic mass is 16.5. The maximum Gasteiger partial charge on any atom is 0.257 e. The van der Waals surface area contributed by atoms with Gasteiger partial charge in [-0.2, -0.15) is 0 Å². The molecule has 2 aliphatic heterocycles. The summed E-state index contributed by atoms with van der Waals surface area (Å²) in [5.41, 5.74) is 9.81. The second-order valence-corrected chi connectivity index (χ2v) is 8.91. The van der Waals surface area contributed by atoms with Crippen LogP contribution >= 0.6 is 0 Å². The highest BCUT2D eigenvalue weighted by Crippen LogP contribution is 2.28. The van der Waals surface area contributed by atoms with Gasteiger partial charge in [0.2, 0.25) is 0 Å². The fourth-order valence-electron chi connectivity index (χ4n) is 4.83. The number of amides is 1. The van der Waals surface area contributed by atoms with Gasteiger partial charge in [0.05, 0.1) is 24.2 Å². The SMILES string of the molecule is Nc1c(C(=O)NCCN2CCCCC2)c2nc3ccccc3nc2n1CCN1CCOCC1. The minimum atomic E-state index is -0.177. The van der Waals surface area contributed by atoms with E-state index in [0.717, 1.165) is 63.5 Å². The second-order valence-electron chi connectivity index (χ2n) is 8.91. The summed E-state index contributed by atoms with van der Waals surface area (Å²) in [6, 6.07) is 7.73. The van der Waals surface area contributed by atoms with Crippen molar-refractivity contribution in [2.24, 2.45) is 0 Å². The van der Waals surface area contributed by atoms with Crippen molar-refractivity contribution in [3.8, 4) is 0 Å². The lowest BCUT2D eigenvalue weighted by Gasteiger charge is -2.26. The average molecular weight is 452 g/mol. The Hall–Kier alpha value is -2.75. The largest absolute Gasteiger partial charge is 0.384 e. The topological polar surface area (TPSA) is 102 Å². The van der Waals surface area contributed by atoms with Crippen LogP contribution in [0.4, 0.5) is 5.82 Å². The lowest BCUT2D eigenvalue weighted by atomic mass is 10.1. The van der Waals surface area contributed by atoms with Crippen LogP contribution in [0.1, 0.15) is 29.6 Å². The molecule has 4 heterocycles. The number of nitrogens with two attached hydrogens (primary N) is 1. The Kier molecular flexibility index (Phi) is 6.70. The molecule has 3 aromatic rings. The lowest BCUT2D eigenvalue weighted by Crippen LogP contribution is -2.38. The zero-order valence-corrected chi connectivity index (χ0v) is 19.1. The van der Waals surface area contributed by atoms with Crippen molar-refractivity contribution >= 4 is 33.9 Å². The summed E-state index contributed by atoms with van der Waals surface area (Å²) < 4.78 is 7.41. The first-order valence-corrected chi connectivity index (χ1v) is 12.1. The number of benzene rings is 1. The number of fused-ring (bicyclic) bond motifs is 2. The Morgan fingerprint density at radius 2 is 1.64 bits per heavy atom. The highest BCUT2D eigenvalue weighted by Gasteiger charge is 2.24. The summed E-state index contributed by atoms with van der Waals surface area (Å²) in [7, 11) is 0. The molecular weight excluding hydrogens is 418 g/mol. The summed E-state index contributed by atoms with van der Waals surface area (Å²) in [6.45, 7) is 8.43. The van der Waals surface area contributed by atoms with Crippen LogP contribution < -0.4 is 11.1 Å². The molecule has 2 saturated heterocycles. The number of ether oxygens (including phenoxy) is 1. The van der Waals surface area contributed by atoms with Gasteiger partial charge in [-0.25, -0.2) is 9.97 Å². The Morgan fingerprint density at radius 1 is 0.939 bits per heavy atom. The highest BCUT2D eigenvalue weighted by molar-refractivity contribution is 6.10. The molecule has 2 fully saturated rings. The maximum absolute atomic E-state index is 13.3. The van der Waals surface area contributed by atoms with Crippen LogP contribution in [0, 0.1) is 0 Å². The van der Waals surface area contributed by atoms with Gasteiger partial charge in [0.25, 0.3) is 5.91 Å². The minimum absolute atomic E-state index is 0.177. The van der Waals surface area contributed by atoms with E-state index in [9.17, 15) is 4.79 Å². The molecule has 5 rings (SSSR count). The standard InChI is InChI=1S/C24H33N7O2/c25-22-20(24(32)26-8-11-29-9-4-1-5-10-29)21-23(28-19-7-3-2-6-18(19)27-21)31(22)13-12-30-14-16-33-17-15-30/h2-3,6-7H,1,4-5,8-17,25H2,(H,26,32). The van der Waals surface area contributed by atoms with Crippen molar-refractivity contribution in [1.82, 2.24) is 29.7 Å². The number of morpholine rings is 1. The molecule has 176 valence electrons. The van der Waals surface area contributed by atoms with E-state index in [2.05, 4.69) is 15.1 Å². The number of hydrogen-bond donors (Lipinski definition) is 2. The van der Waals surface area contributed by atoms with E-state index in [0.29, 0.717) is 35.6 Å². The van der Waals surface area contributed by atoms with E-state index in [1.165, 1.54) is 19.3 Å². The van der Waals surface area contributed by atoms with Crippen molar-refractivity contribution < 1.29 is 9.53 Å². The predicted octanol–water partition coefficient (Wildman–Crippen LogP) is 1.71. The number of nitrogen functional groups attached to an aromatic ring is 1. The molecule has 0 bridgehead atoms. The van der Waals surface area contributed by atoms with Gasteiger partial charge in [-0.05, 0) is 38.1 Å².